The number of hydrogen-bond acceptors (Lipinski definition) is 6. The van der Waals surface area contributed by atoms with E-state index in [0.29, 0.717) is 17.9 Å². The quantitative estimate of drug-likeness (QED) is 0.463. The minimum Gasteiger partial charge on any atom is -0.497 e. The van der Waals surface area contributed by atoms with Crippen LogP contribution < -0.4 is 20.5 Å². The van der Waals surface area contributed by atoms with Gasteiger partial charge in [0, 0.05) is 31.6 Å². The van der Waals surface area contributed by atoms with E-state index in [1.54, 1.807) is 32.4 Å². The molecule has 2 atom stereocenters. The van der Waals surface area contributed by atoms with Gasteiger partial charge in [0.2, 0.25) is 11.8 Å². The van der Waals surface area contributed by atoms with Crippen LogP contribution in [-0.4, -0.2) is 61.1 Å². The van der Waals surface area contributed by atoms with Crippen LogP contribution in [0, 0.1) is 5.92 Å². The second kappa shape index (κ2) is 12.0. The Kier molecular flexibility index (Phi) is 10.1. The highest BCUT2D eigenvalue weighted by molar-refractivity contribution is 5.87. The predicted octanol–water partition coefficient (Wildman–Crippen LogP) is 1.39. The van der Waals surface area contributed by atoms with Crippen LogP contribution in [0.15, 0.2) is 18.2 Å². The average Bonchev–Trinajstić information content (AvgIpc) is 2.69. The number of aliphatic carboxylic acids is 1. The van der Waals surface area contributed by atoms with E-state index < -0.39 is 24.0 Å². The van der Waals surface area contributed by atoms with Crippen molar-refractivity contribution in [1.29, 1.82) is 0 Å². The normalized spacial score (nSPS) is 12.8. The summed E-state index contributed by atoms with van der Waals surface area (Å²) in [4.78, 5) is 37.6. The molecule has 0 saturated carbocycles. The van der Waals surface area contributed by atoms with Crippen molar-refractivity contribution in [2.75, 3.05) is 21.3 Å². The van der Waals surface area contributed by atoms with E-state index in [-0.39, 0.29) is 31.2 Å². The molecule has 0 unspecified atom stereocenters. The maximum absolute atomic E-state index is 12.5. The SMILES string of the molecule is COc1ccc(CN(C)C(=O)CC[C@H](NC(=O)[C@@H](N)CC(C)C)C(=O)O)c(OC)c1. The van der Waals surface area contributed by atoms with Gasteiger partial charge in [0.1, 0.15) is 17.5 Å². The van der Waals surface area contributed by atoms with E-state index in [2.05, 4.69) is 5.32 Å². The number of nitrogens with two attached hydrogens (primary N) is 1. The molecular formula is C21H33N3O6. The average molecular weight is 424 g/mol. The fraction of sp³-hybridized carbons (Fsp3) is 0.571. The van der Waals surface area contributed by atoms with Gasteiger partial charge in [-0.3, -0.25) is 9.59 Å². The molecule has 0 radical (unpaired) electrons. The van der Waals surface area contributed by atoms with Gasteiger partial charge in [0.25, 0.3) is 0 Å². The van der Waals surface area contributed by atoms with Crippen molar-refractivity contribution in [3.05, 3.63) is 23.8 Å². The first-order valence-electron chi connectivity index (χ1n) is 9.82. The molecular weight excluding hydrogens is 390 g/mol. The first-order valence-corrected chi connectivity index (χ1v) is 9.82. The van der Waals surface area contributed by atoms with E-state index in [4.69, 9.17) is 15.2 Å². The molecule has 168 valence electrons. The number of benzene rings is 1. The number of carbonyl (C=O) groups is 3. The maximum Gasteiger partial charge on any atom is 0.326 e. The molecule has 0 aliphatic heterocycles. The first kappa shape index (κ1) is 25.2. The Morgan fingerprint density at radius 3 is 2.40 bits per heavy atom. The lowest BCUT2D eigenvalue weighted by atomic mass is 10.0. The number of rotatable bonds is 12. The number of methoxy groups -OCH3 is 2. The summed E-state index contributed by atoms with van der Waals surface area (Å²) in [6.45, 7) is 4.14. The summed E-state index contributed by atoms with van der Waals surface area (Å²) in [7, 11) is 4.71. The Hall–Kier alpha value is -2.81. The number of nitrogens with one attached hydrogen (secondary N) is 1. The van der Waals surface area contributed by atoms with E-state index in [1.807, 2.05) is 13.8 Å². The summed E-state index contributed by atoms with van der Waals surface area (Å²) in [5, 5.41) is 11.8. The lowest BCUT2D eigenvalue weighted by Gasteiger charge is -2.21. The number of carbonyl (C=O) groups excluding carboxylic acids is 2. The summed E-state index contributed by atoms with van der Waals surface area (Å²) in [5.74, 6) is -0.546. The summed E-state index contributed by atoms with van der Waals surface area (Å²) in [5.41, 5.74) is 6.59. The van der Waals surface area contributed by atoms with Gasteiger partial charge >= 0.3 is 5.97 Å². The van der Waals surface area contributed by atoms with Crippen LogP contribution in [0.2, 0.25) is 0 Å². The van der Waals surface area contributed by atoms with Crippen molar-refractivity contribution in [1.82, 2.24) is 10.2 Å². The number of carboxylic acids is 1. The van der Waals surface area contributed by atoms with Gasteiger partial charge in [0.05, 0.1) is 20.3 Å². The van der Waals surface area contributed by atoms with E-state index in [1.165, 1.54) is 12.0 Å². The lowest BCUT2D eigenvalue weighted by molar-refractivity contribution is -0.142. The van der Waals surface area contributed by atoms with Gasteiger partial charge in [-0.05, 0) is 30.9 Å². The standard InChI is InChI=1S/C21H33N3O6/c1-13(2)10-16(22)20(26)23-17(21(27)28)8-9-19(25)24(3)12-14-6-7-15(29-4)11-18(14)30-5/h6-7,11,13,16-17H,8-10,12,22H2,1-5H3,(H,23,26)(H,27,28)/t16-,17-/m0/s1. The van der Waals surface area contributed by atoms with Crippen molar-refractivity contribution < 1.29 is 29.0 Å². The minimum atomic E-state index is -1.20. The molecule has 0 heterocycles. The smallest absolute Gasteiger partial charge is 0.326 e. The first-order chi connectivity index (χ1) is 14.1. The van der Waals surface area contributed by atoms with E-state index >= 15 is 0 Å². The Labute approximate surface area is 177 Å². The number of hydrogen-bond donors (Lipinski definition) is 3. The van der Waals surface area contributed by atoms with E-state index in [0.717, 1.165) is 5.56 Å². The highest BCUT2D eigenvalue weighted by Gasteiger charge is 2.25. The molecule has 0 aliphatic carbocycles. The minimum absolute atomic E-state index is 0.0294. The zero-order valence-corrected chi connectivity index (χ0v) is 18.3. The zero-order chi connectivity index (χ0) is 22.8. The molecule has 1 aromatic rings. The number of nitrogens with zero attached hydrogens (tertiary/aromatic N) is 1. The zero-order valence-electron chi connectivity index (χ0n) is 18.3. The van der Waals surface area contributed by atoms with Gasteiger partial charge in [0.15, 0.2) is 0 Å². The second-order valence-electron chi connectivity index (χ2n) is 7.60. The topological polar surface area (TPSA) is 131 Å². The number of carboxylic acid groups (broad SMARTS) is 1. The molecule has 9 heteroatoms. The fourth-order valence-corrected chi connectivity index (χ4v) is 2.94. The molecule has 1 rings (SSSR count). The fourth-order valence-electron chi connectivity index (χ4n) is 2.94. The third kappa shape index (κ3) is 7.90. The maximum atomic E-state index is 12.5. The molecule has 0 spiro atoms. The number of ether oxygens (including phenoxy) is 2. The van der Waals surface area contributed by atoms with Gasteiger partial charge in [-0.25, -0.2) is 4.79 Å². The Bertz CT molecular complexity index is 737. The second-order valence-corrected chi connectivity index (χ2v) is 7.60. The van der Waals surface area contributed by atoms with Crippen LogP contribution in [0.5, 0.6) is 11.5 Å². The van der Waals surface area contributed by atoms with Crippen LogP contribution >= 0.6 is 0 Å². The third-order valence-electron chi connectivity index (χ3n) is 4.65. The summed E-state index contributed by atoms with van der Waals surface area (Å²) in [6.07, 6.45) is 0.383. The Balaban J connectivity index is 2.67. The van der Waals surface area contributed by atoms with Crippen LogP contribution in [-0.2, 0) is 20.9 Å². The summed E-state index contributed by atoms with van der Waals surface area (Å²) < 4.78 is 10.5. The molecule has 0 aromatic heterocycles. The number of amides is 2. The van der Waals surface area contributed by atoms with Crippen molar-refractivity contribution in [2.45, 2.75) is 51.7 Å². The molecule has 9 nitrogen and oxygen atoms in total. The highest BCUT2D eigenvalue weighted by Crippen LogP contribution is 2.25. The van der Waals surface area contributed by atoms with Gasteiger partial charge in [-0.1, -0.05) is 13.8 Å². The van der Waals surface area contributed by atoms with Gasteiger partial charge in [-0.2, -0.15) is 0 Å². The van der Waals surface area contributed by atoms with Gasteiger partial charge < -0.3 is 30.5 Å². The largest absolute Gasteiger partial charge is 0.497 e. The van der Waals surface area contributed by atoms with Crippen molar-refractivity contribution >= 4 is 17.8 Å². The molecule has 0 fully saturated rings. The molecule has 1 aromatic carbocycles. The molecule has 4 N–H and O–H groups in total. The molecule has 0 bridgehead atoms. The summed E-state index contributed by atoms with van der Waals surface area (Å²) >= 11 is 0. The molecule has 0 aliphatic rings. The van der Waals surface area contributed by atoms with E-state index in [9.17, 15) is 19.5 Å². The van der Waals surface area contributed by atoms with Crippen molar-refractivity contribution in [2.24, 2.45) is 11.7 Å². The Morgan fingerprint density at radius 2 is 1.87 bits per heavy atom. The molecule has 0 saturated heterocycles. The molecule has 2 amide bonds. The van der Waals surface area contributed by atoms with Crippen molar-refractivity contribution in [3.8, 4) is 11.5 Å². The van der Waals surface area contributed by atoms with Crippen LogP contribution in [0.1, 0.15) is 38.7 Å². The van der Waals surface area contributed by atoms with Crippen molar-refractivity contribution in [3.63, 3.8) is 0 Å². The Morgan fingerprint density at radius 1 is 1.20 bits per heavy atom. The monoisotopic (exact) mass is 423 g/mol. The van der Waals surface area contributed by atoms with Crippen LogP contribution in [0.25, 0.3) is 0 Å². The summed E-state index contributed by atoms with van der Waals surface area (Å²) in [6, 6.07) is 3.34. The highest BCUT2D eigenvalue weighted by atomic mass is 16.5. The van der Waals surface area contributed by atoms with Crippen LogP contribution in [0.3, 0.4) is 0 Å². The van der Waals surface area contributed by atoms with Crippen LogP contribution in [0.4, 0.5) is 0 Å². The predicted molar refractivity (Wildman–Crippen MR) is 112 cm³/mol. The third-order valence-corrected chi connectivity index (χ3v) is 4.65. The van der Waals surface area contributed by atoms with Gasteiger partial charge in [-0.15, -0.1) is 0 Å². The lowest BCUT2D eigenvalue weighted by Crippen LogP contribution is -2.49. The molecule has 30 heavy (non-hydrogen) atoms.